The van der Waals surface area contributed by atoms with E-state index in [4.69, 9.17) is 12.2 Å². The fourth-order valence-electron chi connectivity index (χ4n) is 3.49. The smallest absolute Gasteiger partial charge is 0.258 e. The number of aryl methyl sites for hydroxylation is 2. The summed E-state index contributed by atoms with van der Waals surface area (Å²) in [4.78, 5) is 14.3. The molecule has 1 heterocycles. The molecule has 34 heavy (non-hydrogen) atoms. The number of nitrogens with zero attached hydrogens (tertiary/aromatic N) is 3. The van der Waals surface area contributed by atoms with Gasteiger partial charge in [0.25, 0.3) is 5.91 Å². The number of halogens is 2. The van der Waals surface area contributed by atoms with Gasteiger partial charge < -0.3 is 5.32 Å². The summed E-state index contributed by atoms with van der Waals surface area (Å²) >= 11 is 9.74. The molecule has 3 aromatic carbocycles. The van der Waals surface area contributed by atoms with Gasteiger partial charge in [0, 0.05) is 12.8 Å². The van der Waals surface area contributed by atoms with Crippen molar-refractivity contribution in [3.8, 4) is 5.69 Å². The zero-order chi connectivity index (χ0) is 24.2. The highest BCUT2D eigenvalue weighted by Gasteiger charge is 2.14. The van der Waals surface area contributed by atoms with Crippen LogP contribution < -0.4 is 10.6 Å². The van der Waals surface area contributed by atoms with E-state index in [1.54, 1.807) is 4.80 Å². The summed E-state index contributed by atoms with van der Waals surface area (Å²) in [6.07, 6.45) is 3.45. The van der Waals surface area contributed by atoms with E-state index >= 15 is 0 Å². The van der Waals surface area contributed by atoms with Crippen LogP contribution in [0.5, 0.6) is 0 Å². The normalized spacial score (nSPS) is 10.9. The minimum absolute atomic E-state index is 0.233. The third-order valence-electron chi connectivity index (χ3n) is 5.36. The molecule has 0 spiro atoms. The summed E-state index contributed by atoms with van der Waals surface area (Å²) in [5.74, 6) is -0.243. The molecule has 174 valence electrons. The van der Waals surface area contributed by atoms with Crippen molar-refractivity contribution in [2.75, 3.05) is 5.32 Å². The van der Waals surface area contributed by atoms with Crippen LogP contribution in [0.3, 0.4) is 0 Å². The summed E-state index contributed by atoms with van der Waals surface area (Å²) in [5, 5.41) is 15.4. The Morgan fingerprint density at radius 3 is 2.44 bits per heavy atom. The lowest BCUT2D eigenvalue weighted by molar-refractivity contribution is 0.0977. The molecular formula is C25H23I2N5OS. The molecule has 1 amide bonds. The van der Waals surface area contributed by atoms with Gasteiger partial charge >= 0.3 is 0 Å². The van der Waals surface area contributed by atoms with Crippen molar-refractivity contribution in [2.45, 2.75) is 33.1 Å². The van der Waals surface area contributed by atoms with E-state index in [0.717, 1.165) is 41.5 Å². The van der Waals surface area contributed by atoms with Crippen LogP contribution in [0.15, 0.2) is 54.6 Å². The molecule has 4 rings (SSSR count). The average molecular weight is 695 g/mol. The second-order valence-corrected chi connectivity index (χ2v) is 10.8. The van der Waals surface area contributed by atoms with E-state index in [-0.39, 0.29) is 11.0 Å². The molecule has 0 saturated heterocycles. The molecule has 0 aliphatic heterocycles. The maximum Gasteiger partial charge on any atom is 0.258 e. The number of thiocarbonyl (C=S) groups is 1. The first-order valence-corrected chi connectivity index (χ1v) is 13.4. The van der Waals surface area contributed by atoms with E-state index < -0.39 is 0 Å². The van der Waals surface area contributed by atoms with Gasteiger partial charge in [-0.05, 0) is 131 Å². The number of carbonyl (C=O) groups is 1. The van der Waals surface area contributed by atoms with Crippen LogP contribution in [0.2, 0.25) is 0 Å². The van der Waals surface area contributed by atoms with Crippen LogP contribution in [0.25, 0.3) is 16.7 Å². The number of anilines is 1. The molecule has 0 bridgehead atoms. The number of aromatic nitrogens is 3. The minimum Gasteiger partial charge on any atom is -0.332 e. The Hall–Kier alpha value is -2.12. The van der Waals surface area contributed by atoms with Gasteiger partial charge in [0.2, 0.25) is 0 Å². The van der Waals surface area contributed by atoms with Crippen LogP contribution in [0.4, 0.5) is 5.69 Å². The molecule has 0 saturated carbocycles. The number of unbranched alkanes of at least 4 members (excludes halogenated alkanes) is 1. The largest absolute Gasteiger partial charge is 0.332 e. The van der Waals surface area contributed by atoms with E-state index in [1.807, 2.05) is 49.4 Å². The van der Waals surface area contributed by atoms with Crippen LogP contribution in [0.1, 0.15) is 41.3 Å². The van der Waals surface area contributed by atoms with Gasteiger partial charge in [-0.2, -0.15) is 4.80 Å². The second kappa shape index (κ2) is 11.1. The maximum atomic E-state index is 12.7. The molecule has 0 aliphatic rings. The van der Waals surface area contributed by atoms with Crippen molar-refractivity contribution in [3.63, 3.8) is 0 Å². The molecule has 0 unspecified atom stereocenters. The Balaban J connectivity index is 1.50. The standard InChI is InChI=1S/C25H23I2N5OS/c1-3-4-5-16-6-9-18(10-7-16)32-30-22-12-15(2)21(14-23(22)31-32)28-25(34)29-24(33)19-13-17(26)8-11-20(19)27/h6-14H,3-5H2,1-2H3,(H2,28,29,33,34). The fourth-order valence-corrected chi connectivity index (χ4v) is 4.76. The summed E-state index contributed by atoms with van der Waals surface area (Å²) in [6, 6.07) is 17.9. The lowest BCUT2D eigenvalue weighted by Gasteiger charge is -2.12. The lowest BCUT2D eigenvalue weighted by atomic mass is 10.1. The molecule has 0 atom stereocenters. The number of rotatable bonds is 6. The predicted molar refractivity (Wildman–Crippen MR) is 158 cm³/mol. The van der Waals surface area contributed by atoms with Crippen molar-refractivity contribution < 1.29 is 4.79 Å². The number of hydrogen-bond donors (Lipinski definition) is 2. The minimum atomic E-state index is -0.243. The zero-order valence-corrected chi connectivity index (χ0v) is 23.9. The number of fused-ring (bicyclic) bond motifs is 1. The molecular weight excluding hydrogens is 672 g/mol. The number of carbonyl (C=O) groups excluding carboxylic acids is 1. The fraction of sp³-hybridized carbons (Fsp3) is 0.200. The number of nitrogens with one attached hydrogen (secondary N) is 2. The molecule has 4 aromatic rings. The number of hydrogen-bond acceptors (Lipinski definition) is 4. The van der Waals surface area contributed by atoms with Crippen LogP contribution >= 0.6 is 57.4 Å². The summed E-state index contributed by atoms with van der Waals surface area (Å²) in [6.45, 7) is 4.17. The predicted octanol–water partition coefficient (Wildman–Crippen LogP) is 6.41. The number of benzene rings is 3. The van der Waals surface area contributed by atoms with Gasteiger partial charge in [-0.1, -0.05) is 25.5 Å². The highest BCUT2D eigenvalue weighted by molar-refractivity contribution is 14.1. The van der Waals surface area contributed by atoms with Crippen LogP contribution in [-0.2, 0) is 6.42 Å². The Morgan fingerprint density at radius 1 is 1.03 bits per heavy atom. The van der Waals surface area contributed by atoms with Crippen molar-refractivity contribution in [2.24, 2.45) is 0 Å². The molecule has 9 heteroatoms. The van der Waals surface area contributed by atoms with E-state index in [0.29, 0.717) is 5.56 Å². The topological polar surface area (TPSA) is 71.8 Å². The summed E-state index contributed by atoms with van der Waals surface area (Å²) in [5.41, 5.74) is 6.09. The van der Waals surface area contributed by atoms with Gasteiger partial charge in [-0.15, -0.1) is 10.2 Å². The zero-order valence-electron chi connectivity index (χ0n) is 18.7. The van der Waals surface area contributed by atoms with Crippen molar-refractivity contribution in [3.05, 3.63) is 78.4 Å². The average Bonchev–Trinajstić information content (AvgIpc) is 3.22. The number of amides is 1. The lowest BCUT2D eigenvalue weighted by Crippen LogP contribution is -2.34. The van der Waals surface area contributed by atoms with Gasteiger partial charge in [-0.25, -0.2) is 0 Å². The highest BCUT2D eigenvalue weighted by atomic mass is 127. The van der Waals surface area contributed by atoms with Gasteiger partial charge in [0.15, 0.2) is 5.11 Å². The quantitative estimate of drug-likeness (QED) is 0.181. The molecule has 0 radical (unpaired) electrons. The third-order valence-corrected chi connectivity index (χ3v) is 7.18. The van der Waals surface area contributed by atoms with E-state index in [1.165, 1.54) is 18.4 Å². The molecule has 1 aromatic heterocycles. The van der Waals surface area contributed by atoms with Crippen molar-refractivity contribution in [1.29, 1.82) is 0 Å². The van der Waals surface area contributed by atoms with Gasteiger partial charge in [0.05, 0.1) is 11.3 Å². The van der Waals surface area contributed by atoms with Crippen LogP contribution in [-0.4, -0.2) is 26.0 Å². The van der Waals surface area contributed by atoms with E-state index in [2.05, 4.69) is 85.1 Å². The Bertz CT molecular complexity index is 1370. The summed E-state index contributed by atoms with van der Waals surface area (Å²) < 4.78 is 1.85. The first-order valence-electron chi connectivity index (χ1n) is 10.9. The Kier molecular flexibility index (Phi) is 8.14. The highest BCUT2D eigenvalue weighted by Crippen LogP contribution is 2.23. The van der Waals surface area contributed by atoms with Gasteiger partial charge in [0.1, 0.15) is 11.0 Å². The van der Waals surface area contributed by atoms with Crippen molar-refractivity contribution in [1.82, 2.24) is 20.3 Å². The first-order chi connectivity index (χ1) is 16.3. The van der Waals surface area contributed by atoms with Crippen LogP contribution in [0, 0.1) is 14.1 Å². The third kappa shape index (κ3) is 5.92. The first kappa shape index (κ1) is 25.0. The van der Waals surface area contributed by atoms with Gasteiger partial charge in [-0.3, -0.25) is 10.1 Å². The maximum absolute atomic E-state index is 12.7. The van der Waals surface area contributed by atoms with E-state index in [9.17, 15) is 4.79 Å². The van der Waals surface area contributed by atoms with Crippen molar-refractivity contribution >= 4 is 85.1 Å². The SMILES string of the molecule is CCCCc1ccc(-n2nc3cc(C)c(NC(=S)NC(=O)c4cc(I)ccc4I)cc3n2)cc1. The summed E-state index contributed by atoms with van der Waals surface area (Å²) in [7, 11) is 0. The Labute approximate surface area is 231 Å². The monoisotopic (exact) mass is 695 g/mol. The molecule has 0 aliphatic carbocycles. The molecule has 0 fully saturated rings. The Morgan fingerprint density at radius 2 is 1.74 bits per heavy atom. The molecule has 2 N–H and O–H groups in total. The second-order valence-electron chi connectivity index (χ2n) is 7.95. The molecule has 6 nitrogen and oxygen atoms in total.